The van der Waals surface area contributed by atoms with Gasteiger partial charge in [-0.3, -0.25) is 14.5 Å². The van der Waals surface area contributed by atoms with E-state index in [0.29, 0.717) is 13.0 Å². The van der Waals surface area contributed by atoms with Crippen molar-refractivity contribution in [1.29, 1.82) is 0 Å². The summed E-state index contributed by atoms with van der Waals surface area (Å²) in [6.07, 6.45) is 4.77. The minimum absolute atomic E-state index is 0.142. The summed E-state index contributed by atoms with van der Waals surface area (Å²) >= 11 is 1.73. The molecule has 1 fully saturated rings. The quantitative estimate of drug-likeness (QED) is 0.520. The number of carbonyl (C=O) groups excluding carboxylic acids is 2. The second kappa shape index (κ2) is 9.45. The van der Waals surface area contributed by atoms with E-state index in [1.165, 1.54) is 24.6 Å². The molecule has 30 heavy (non-hydrogen) atoms. The van der Waals surface area contributed by atoms with Crippen molar-refractivity contribution >= 4 is 34.1 Å². The third kappa shape index (κ3) is 4.74. The van der Waals surface area contributed by atoms with Gasteiger partial charge in [0, 0.05) is 41.9 Å². The van der Waals surface area contributed by atoms with E-state index in [9.17, 15) is 9.59 Å². The summed E-state index contributed by atoms with van der Waals surface area (Å²) in [5, 5.41) is 9.11. The number of carbonyl (C=O) groups is 2. The minimum Gasteiger partial charge on any atom is -0.361 e. The number of hydrogen-bond acceptors (Lipinski definition) is 4. The molecule has 3 N–H and O–H groups in total. The molecule has 0 bridgehead atoms. The zero-order valence-electron chi connectivity index (χ0n) is 17.2. The fraction of sp³-hybridized carbons (Fsp3) is 0.391. The van der Waals surface area contributed by atoms with Gasteiger partial charge in [-0.2, -0.15) is 0 Å². The lowest BCUT2D eigenvalue weighted by Gasteiger charge is -2.28. The van der Waals surface area contributed by atoms with Crippen LogP contribution >= 0.6 is 11.3 Å². The van der Waals surface area contributed by atoms with Gasteiger partial charge in [-0.1, -0.05) is 24.3 Å². The average Bonchev–Trinajstić information content (AvgIpc) is 3.50. The van der Waals surface area contributed by atoms with E-state index >= 15 is 0 Å². The Morgan fingerprint density at radius 2 is 1.97 bits per heavy atom. The Morgan fingerprint density at radius 1 is 1.17 bits per heavy atom. The number of fused-ring (bicyclic) bond motifs is 1. The van der Waals surface area contributed by atoms with E-state index in [4.69, 9.17) is 0 Å². The number of thiophene rings is 1. The number of aromatic amines is 1. The molecule has 158 valence electrons. The molecule has 2 aromatic heterocycles. The maximum Gasteiger partial charge on any atom is 0.242 e. The lowest BCUT2D eigenvalue weighted by atomic mass is 10.0. The summed E-state index contributed by atoms with van der Waals surface area (Å²) < 4.78 is 0. The van der Waals surface area contributed by atoms with Gasteiger partial charge in [-0.15, -0.1) is 11.3 Å². The Bertz CT molecular complexity index is 992. The smallest absolute Gasteiger partial charge is 0.242 e. The fourth-order valence-corrected chi connectivity index (χ4v) is 5.10. The number of para-hydroxylation sites is 1. The van der Waals surface area contributed by atoms with E-state index in [2.05, 4.69) is 38.0 Å². The van der Waals surface area contributed by atoms with Crippen molar-refractivity contribution in [3.05, 3.63) is 58.4 Å². The Hall–Kier alpha value is -2.64. The number of rotatable bonds is 8. The highest BCUT2D eigenvalue weighted by molar-refractivity contribution is 7.10. The van der Waals surface area contributed by atoms with Crippen LogP contribution in [0.25, 0.3) is 10.9 Å². The van der Waals surface area contributed by atoms with E-state index in [1.54, 1.807) is 11.3 Å². The number of nitrogens with one attached hydrogen (secondary N) is 3. The van der Waals surface area contributed by atoms with Crippen LogP contribution in [0.3, 0.4) is 0 Å². The third-order valence-electron chi connectivity index (χ3n) is 5.72. The van der Waals surface area contributed by atoms with Crippen LogP contribution < -0.4 is 10.6 Å². The highest BCUT2D eigenvalue weighted by atomic mass is 32.1. The van der Waals surface area contributed by atoms with Gasteiger partial charge >= 0.3 is 0 Å². The van der Waals surface area contributed by atoms with Crippen LogP contribution in [-0.4, -0.2) is 47.4 Å². The molecule has 0 radical (unpaired) electrons. The molecular weight excluding hydrogens is 396 g/mol. The van der Waals surface area contributed by atoms with Crippen LogP contribution in [0.1, 0.15) is 36.2 Å². The number of hydrogen-bond donors (Lipinski definition) is 3. The topological polar surface area (TPSA) is 77.2 Å². The van der Waals surface area contributed by atoms with Gasteiger partial charge in [0.15, 0.2) is 0 Å². The van der Waals surface area contributed by atoms with Crippen molar-refractivity contribution in [2.75, 3.05) is 19.6 Å². The number of aromatic nitrogens is 1. The second-order valence-corrected chi connectivity index (χ2v) is 8.82. The summed E-state index contributed by atoms with van der Waals surface area (Å²) in [5.74, 6) is -0.347. The van der Waals surface area contributed by atoms with Gasteiger partial charge in [-0.05, 0) is 49.0 Å². The highest BCUT2D eigenvalue weighted by Crippen LogP contribution is 2.28. The summed E-state index contributed by atoms with van der Waals surface area (Å²) in [5.41, 5.74) is 2.05. The third-order valence-corrected chi connectivity index (χ3v) is 6.69. The highest BCUT2D eigenvalue weighted by Gasteiger charge is 2.27. The minimum atomic E-state index is -0.607. The van der Waals surface area contributed by atoms with E-state index in [-0.39, 0.29) is 17.9 Å². The van der Waals surface area contributed by atoms with Crippen molar-refractivity contribution in [3.8, 4) is 0 Å². The lowest BCUT2D eigenvalue weighted by molar-refractivity contribution is -0.128. The van der Waals surface area contributed by atoms with Crippen LogP contribution in [0.4, 0.5) is 0 Å². The predicted octanol–water partition coefficient (Wildman–Crippen LogP) is 3.23. The van der Waals surface area contributed by atoms with Gasteiger partial charge < -0.3 is 15.6 Å². The standard InChI is InChI=1S/C23H28N4O2S/c1-16(28)26-20(13-17-14-24-19-8-3-2-7-18(17)19)23(29)25-15-21(22-9-6-12-30-22)27-10-4-5-11-27/h2-3,6-9,12,14,20-21,24H,4-5,10-11,13,15H2,1H3,(H,25,29)(H,26,28). The summed E-state index contributed by atoms with van der Waals surface area (Å²) in [4.78, 5) is 31.8. The van der Waals surface area contributed by atoms with Crippen molar-refractivity contribution in [1.82, 2.24) is 20.5 Å². The van der Waals surface area contributed by atoms with E-state index in [0.717, 1.165) is 29.6 Å². The number of amides is 2. The SMILES string of the molecule is CC(=O)NC(Cc1c[nH]c2ccccc12)C(=O)NCC(c1cccs1)N1CCCC1. The Labute approximate surface area is 180 Å². The molecule has 7 heteroatoms. The first kappa shape index (κ1) is 20.6. The van der Waals surface area contributed by atoms with E-state index < -0.39 is 6.04 Å². The van der Waals surface area contributed by atoms with Crippen LogP contribution in [0.2, 0.25) is 0 Å². The molecule has 0 saturated carbocycles. The summed E-state index contributed by atoms with van der Waals surface area (Å²) in [7, 11) is 0. The van der Waals surface area contributed by atoms with Crippen molar-refractivity contribution in [2.45, 2.75) is 38.3 Å². The zero-order valence-corrected chi connectivity index (χ0v) is 18.0. The van der Waals surface area contributed by atoms with Crippen molar-refractivity contribution in [2.24, 2.45) is 0 Å². The molecule has 1 saturated heterocycles. The molecule has 1 aliphatic heterocycles. The molecule has 6 nitrogen and oxygen atoms in total. The molecule has 2 unspecified atom stereocenters. The van der Waals surface area contributed by atoms with Crippen molar-refractivity contribution < 1.29 is 9.59 Å². The van der Waals surface area contributed by atoms with Gasteiger partial charge in [0.05, 0.1) is 6.04 Å². The average molecular weight is 425 g/mol. The molecule has 0 spiro atoms. The Morgan fingerprint density at radius 3 is 2.70 bits per heavy atom. The number of nitrogens with zero attached hydrogens (tertiary/aromatic N) is 1. The summed E-state index contributed by atoms with van der Waals surface area (Å²) in [6, 6.07) is 11.8. The first-order valence-corrected chi connectivity index (χ1v) is 11.4. The van der Waals surface area contributed by atoms with E-state index in [1.807, 2.05) is 30.5 Å². The molecule has 1 aliphatic rings. The number of likely N-dealkylation sites (tertiary alicyclic amines) is 1. The molecule has 2 amide bonds. The first-order chi connectivity index (χ1) is 14.6. The predicted molar refractivity (Wildman–Crippen MR) is 120 cm³/mol. The maximum absolute atomic E-state index is 13.1. The summed E-state index contributed by atoms with van der Waals surface area (Å²) in [6.45, 7) is 4.11. The molecular formula is C23H28N4O2S. The van der Waals surface area contributed by atoms with Crippen LogP contribution in [0.5, 0.6) is 0 Å². The zero-order chi connectivity index (χ0) is 20.9. The number of benzene rings is 1. The lowest BCUT2D eigenvalue weighted by Crippen LogP contribution is -2.49. The molecule has 0 aliphatic carbocycles. The monoisotopic (exact) mass is 424 g/mol. The second-order valence-electron chi connectivity index (χ2n) is 7.84. The number of H-pyrrole nitrogens is 1. The largest absolute Gasteiger partial charge is 0.361 e. The molecule has 3 heterocycles. The van der Waals surface area contributed by atoms with Gasteiger partial charge in [0.2, 0.25) is 11.8 Å². The molecule has 3 aromatic rings. The molecule has 2 atom stereocenters. The fourth-order valence-electron chi connectivity index (χ4n) is 4.24. The van der Waals surface area contributed by atoms with Crippen LogP contribution in [-0.2, 0) is 16.0 Å². The molecule has 4 rings (SSSR count). The van der Waals surface area contributed by atoms with Crippen LogP contribution in [0, 0.1) is 0 Å². The van der Waals surface area contributed by atoms with Crippen LogP contribution in [0.15, 0.2) is 48.0 Å². The Kier molecular flexibility index (Phi) is 6.50. The van der Waals surface area contributed by atoms with Gasteiger partial charge in [-0.25, -0.2) is 0 Å². The van der Waals surface area contributed by atoms with Gasteiger partial charge in [0.25, 0.3) is 0 Å². The normalized spacial score (nSPS) is 16.4. The molecule has 1 aromatic carbocycles. The first-order valence-electron chi connectivity index (χ1n) is 10.5. The Balaban J connectivity index is 1.47. The van der Waals surface area contributed by atoms with Crippen molar-refractivity contribution in [3.63, 3.8) is 0 Å². The maximum atomic E-state index is 13.1. The van der Waals surface area contributed by atoms with Gasteiger partial charge in [0.1, 0.15) is 6.04 Å².